The number of epoxide rings is 1. The topological polar surface area (TPSA) is 12.5 Å². The third-order valence-corrected chi connectivity index (χ3v) is 2.34. The molecule has 1 heterocycles. The summed E-state index contributed by atoms with van der Waals surface area (Å²) in [5, 5.41) is 0. The van der Waals surface area contributed by atoms with Crippen molar-refractivity contribution in [3.63, 3.8) is 0 Å². The lowest BCUT2D eigenvalue weighted by atomic mass is 10.4. The minimum atomic E-state index is 0. The van der Waals surface area contributed by atoms with Crippen LogP contribution in [0, 0.1) is 0 Å². The summed E-state index contributed by atoms with van der Waals surface area (Å²) in [6.45, 7) is 11.3. The number of quaternary nitrogens is 1. The van der Waals surface area contributed by atoms with E-state index in [0.717, 1.165) is 17.6 Å². The zero-order valence-electron chi connectivity index (χ0n) is 9.75. The first-order valence-corrected chi connectivity index (χ1v) is 5.20. The van der Waals surface area contributed by atoms with Gasteiger partial charge in [0.2, 0.25) is 0 Å². The maximum absolute atomic E-state index is 5.31. The van der Waals surface area contributed by atoms with Crippen LogP contribution in [0.4, 0.5) is 0 Å². The summed E-state index contributed by atoms with van der Waals surface area (Å²) < 4.78 is 5.63. The first kappa shape index (κ1) is 17.4. The van der Waals surface area contributed by atoms with Crippen LogP contribution < -0.4 is 12.4 Å². The van der Waals surface area contributed by atoms with E-state index in [1.165, 1.54) is 0 Å². The van der Waals surface area contributed by atoms with Gasteiger partial charge in [-0.2, -0.15) is 0 Å². The van der Waals surface area contributed by atoms with E-state index in [0.29, 0.717) is 6.10 Å². The van der Waals surface area contributed by atoms with E-state index >= 15 is 0 Å². The van der Waals surface area contributed by atoms with E-state index in [1.807, 2.05) is 19.1 Å². The maximum Gasteiger partial charge on any atom is 0.157 e. The zero-order valence-corrected chi connectivity index (χ0v) is 11.3. The summed E-state index contributed by atoms with van der Waals surface area (Å²) in [7, 11) is 4.31. The Morgan fingerprint density at radius 1 is 1.27 bits per heavy atom. The molecule has 0 bridgehead atoms. The molecule has 1 aliphatic heterocycles. The Bertz CT molecular complexity index is 177. The molecule has 0 amide bonds. The molecule has 0 radical (unpaired) electrons. The number of likely N-dealkylation sites (N-methyl/N-ethyl adjacent to an activating group) is 1. The monoisotopic (exact) mass is 253 g/mol. The number of rotatable bonds is 4. The lowest BCUT2D eigenvalue weighted by Gasteiger charge is -2.26. The largest absolute Gasteiger partial charge is 1.00 e. The number of hydrogen-bond donors (Lipinski definition) is 0. The van der Waals surface area contributed by atoms with Crippen LogP contribution in [-0.2, 0) is 4.74 Å². The summed E-state index contributed by atoms with van der Waals surface area (Å²) in [5.41, 5.74) is 0.0231. The SMILES string of the molecule is C=CC[N+](C)(C)CC=C.CC1OC1Cl.[Cl-]. The Hall–Kier alpha value is -0.0200. The van der Waals surface area contributed by atoms with Crippen molar-refractivity contribution in [2.24, 2.45) is 0 Å². The van der Waals surface area contributed by atoms with Crippen molar-refractivity contribution in [1.29, 1.82) is 0 Å². The summed E-state index contributed by atoms with van der Waals surface area (Å²) in [5.74, 6) is 0. The van der Waals surface area contributed by atoms with Gasteiger partial charge in [-0.1, -0.05) is 24.8 Å². The van der Waals surface area contributed by atoms with Crippen molar-refractivity contribution in [1.82, 2.24) is 0 Å². The molecule has 15 heavy (non-hydrogen) atoms. The second-order valence-electron chi connectivity index (χ2n) is 4.07. The predicted molar refractivity (Wildman–Crippen MR) is 62.4 cm³/mol. The van der Waals surface area contributed by atoms with Crippen molar-refractivity contribution < 1.29 is 21.6 Å². The fourth-order valence-corrected chi connectivity index (χ4v) is 1.10. The van der Waals surface area contributed by atoms with E-state index in [2.05, 4.69) is 32.0 Å². The summed E-state index contributed by atoms with van der Waals surface area (Å²) in [6, 6.07) is 0. The van der Waals surface area contributed by atoms with Crippen molar-refractivity contribution in [2.75, 3.05) is 27.2 Å². The Morgan fingerprint density at radius 3 is 1.67 bits per heavy atom. The molecule has 90 valence electrons. The highest BCUT2D eigenvalue weighted by atomic mass is 35.5. The predicted octanol–water partition coefficient (Wildman–Crippen LogP) is -0.591. The van der Waals surface area contributed by atoms with Crippen molar-refractivity contribution in [2.45, 2.75) is 18.6 Å². The lowest BCUT2D eigenvalue weighted by molar-refractivity contribution is -0.878. The number of alkyl halides is 1. The van der Waals surface area contributed by atoms with Gasteiger partial charge < -0.3 is 21.6 Å². The average molecular weight is 254 g/mol. The number of nitrogens with zero attached hydrogens (tertiary/aromatic N) is 1. The lowest BCUT2D eigenvalue weighted by Crippen LogP contribution is -3.00. The van der Waals surface area contributed by atoms with Gasteiger partial charge in [-0.05, 0) is 19.1 Å². The molecule has 0 aromatic carbocycles. The zero-order chi connectivity index (χ0) is 11.2. The molecule has 2 unspecified atom stereocenters. The molecule has 0 N–H and O–H groups in total. The first-order chi connectivity index (χ1) is 6.43. The number of ether oxygens (including phenoxy) is 1. The Labute approximate surface area is 105 Å². The van der Waals surface area contributed by atoms with Crippen LogP contribution in [0.2, 0.25) is 0 Å². The summed E-state index contributed by atoms with van der Waals surface area (Å²) in [4.78, 5) is 0. The molecule has 0 aromatic rings. The molecule has 1 aliphatic rings. The molecular formula is C11H21Cl2NO. The summed E-state index contributed by atoms with van der Waals surface area (Å²) >= 11 is 5.31. The molecule has 1 fully saturated rings. The fraction of sp³-hybridized carbons (Fsp3) is 0.636. The standard InChI is InChI=1S/C8H16N.C3H5ClO.ClH/c1-5-7-9(3,4)8-6-2;1-2-3(4)5-2;/h5-6H,1-2,7-8H2,3-4H3;2-3H,1H3;1H/q+1;;/p-1. The van der Waals surface area contributed by atoms with Gasteiger partial charge >= 0.3 is 0 Å². The molecule has 0 aliphatic carbocycles. The van der Waals surface area contributed by atoms with Gasteiger partial charge in [0.25, 0.3) is 0 Å². The Morgan fingerprint density at radius 2 is 1.53 bits per heavy atom. The van der Waals surface area contributed by atoms with Crippen molar-refractivity contribution in [3.8, 4) is 0 Å². The van der Waals surface area contributed by atoms with E-state index in [9.17, 15) is 0 Å². The molecule has 2 atom stereocenters. The fourth-order valence-electron chi connectivity index (χ4n) is 0.933. The van der Waals surface area contributed by atoms with Gasteiger partial charge in [0.15, 0.2) is 5.56 Å². The van der Waals surface area contributed by atoms with Crippen LogP contribution in [0.25, 0.3) is 0 Å². The second-order valence-corrected chi connectivity index (χ2v) is 4.50. The van der Waals surface area contributed by atoms with Crippen LogP contribution in [0.15, 0.2) is 25.3 Å². The highest BCUT2D eigenvalue weighted by Gasteiger charge is 2.30. The molecular weight excluding hydrogens is 233 g/mol. The minimum absolute atomic E-state index is 0. The average Bonchev–Trinajstić information content (AvgIpc) is 2.65. The van der Waals surface area contributed by atoms with Gasteiger partial charge in [-0.3, -0.25) is 0 Å². The molecule has 0 aromatic heterocycles. The summed E-state index contributed by atoms with van der Waals surface area (Å²) in [6.07, 6.45) is 4.18. The highest BCUT2D eigenvalue weighted by molar-refractivity contribution is 6.21. The third kappa shape index (κ3) is 10.3. The van der Waals surface area contributed by atoms with E-state index in [1.54, 1.807) is 0 Å². The molecule has 1 saturated heterocycles. The first-order valence-electron chi connectivity index (χ1n) is 4.76. The molecule has 0 spiro atoms. The van der Waals surface area contributed by atoms with E-state index in [-0.39, 0.29) is 18.0 Å². The van der Waals surface area contributed by atoms with Gasteiger partial charge in [0.1, 0.15) is 0 Å². The van der Waals surface area contributed by atoms with Crippen LogP contribution in [0.3, 0.4) is 0 Å². The molecule has 4 heteroatoms. The molecule has 2 nitrogen and oxygen atoms in total. The van der Waals surface area contributed by atoms with Gasteiger partial charge in [-0.25, -0.2) is 0 Å². The molecule has 1 rings (SSSR count). The Balaban J connectivity index is 0. The van der Waals surface area contributed by atoms with Crippen LogP contribution in [0.5, 0.6) is 0 Å². The third-order valence-electron chi connectivity index (χ3n) is 1.88. The van der Waals surface area contributed by atoms with Crippen molar-refractivity contribution >= 4 is 11.6 Å². The highest BCUT2D eigenvalue weighted by Crippen LogP contribution is 2.23. The van der Waals surface area contributed by atoms with Crippen molar-refractivity contribution in [3.05, 3.63) is 25.3 Å². The van der Waals surface area contributed by atoms with Crippen LogP contribution >= 0.6 is 11.6 Å². The number of halogens is 2. The van der Waals surface area contributed by atoms with E-state index < -0.39 is 0 Å². The number of hydrogen-bond acceptors (Lipinski definition) is 1. The maximum atomic E-state index is 5.31. The minimum Gasteiger partial charge on any atom is -1.00 e. The molecule has 0 saturated carbocycles. The Kier molecular flexibility index (Phi) is 9.46. The van der Waals surface area contributed by atoms with Crippen LogP contribution in [-0.4, -0.2) is 43.3 Å². The second kappa shape index (κ2) is 8.17. The van der Waals surface area contributed by atoms with Crippen LogP contribution in [0.1, 0.15) is 6.92 Å². The normalized spacial score (nSPS) is 22.9. The van der Waals surface area contributed by atoms with Gasteiger partial charge in [-0.15, -0.1) is 0 Å². The van der Waals surface area contributed by atoms with Gasteiger partial charge in [0.05, 0.1) is 33.3 Å². The van der Waals surface area contributed by atoms with E-state index in [4.69, 9.17) is 11.6 Å². The quantitative estimate of drug-likeness (QED) is 0.283. The smallest absolute Gasteiger partial charge is 0.157 e. The van der Waals surface area contributed by atoms with Gasteiger partial charge in [0, 0.05) is 0 Å².